The van der Waals surface area contributed by atoms with E-state index in [1.807, 2.05) is 6.20 Å². The molecule has 1 aromatic rings. The zero-order valence-electron chi connectivity index (χ0n) is 10.7. The van der Waals surface area contributed by atoms with Crippen LogP contribution >= 0.6 is 0 Å². The van der Waals surface area contributed by atoms with Crippen LogP contribution < -0.4 is 5.73 Å². The van der Waals surface area contributed by atoms with Gasteiger partial charge in [0, 0.05) is 12.7 Å². The minimum absolute atomic E-state index is 0.667. The number of aromatic nitrogens is 1. The quantitative estimate of drug-likeness (QED) is 0.865. The van der Waals surface area contributed by atoms with E-state index in [-0.39, 0.29) is 0 Å². The lowest BCUT2D eigenvalue weighted by atomic mass is 9.83. The molecular formula is C15H22N2. The van der Waals surface area contributed by atoms with E-state index in [0.717, 1.165) is 5.69 Å². The van der Waals surface area contributed by atoms with E-state index in [0.29, 0.717) is 12.5 Å². The highest BCUT2D eigenvalue weighted by molar-refractivity contribution is 5.50. The third-order valence-corrected chi connectivity index (χ3v) is 3.63. The first-order valence-electron chi connectivity index (χ1n) is 6.63. The van der Waals surface area contributed by atoms with Gasteiger partial charge >= 0.3 is 0 Å². The predicted octanol–water partition coefficient (Wildman–Crippen LogP) is 3.31. The molecular weight excluding hydrogens is 208 g/mol. The Morgan fingerprint density at radius 2 is 2.12 bits per heavy atom. The van der Waals surface area contributed by atoms with E-state index in [1.54, 1.807) is 0 Å². The van der Waals surface area contributed by atoms with Gasteiger partial charge in [-0.1, -0.05) is 30.9 Å². The van der Waals surface area contributed by atoms with Gasteiger partial charge in [0.1, 0.15) is 0 Å². The van der Waals surface area contributed by atoms with Crippen LogP contribution in [0.25, 0.3) is 6.08 Å². The topological polar surface area (TPSA) is 38.9 Å². The maximum atomic E-state index is 5.89. The van der Waals surface area contributed by atoms with E-state index in [4.69, 9.17) is 5.73 Å². The molecule has 0 aromatic carbocycles. The van der Waals surface area contributed by atoms with Gasteiger partial charge < -0.3 is 5.73 Å². The second-order valence-electron chi connectivity index (χ2n) is 5.02. The Kier molecular flexibility index (Phi) is 4.32. The van der Waals surface area contributed by atoms with Gasteiger partial charge in [-0.2, -0.15) is 0 Å². The van der Waals surface area contributed by atoms with Gasteiger partial charge in [0.2, 0.25) is 0 Å². The molecule has 0 saturated heterocycles. The number of nitrogens with two attached hydrogens (primary N) is 1. The van der Waals surface area contributed by atoms with Crippen LogP contribution in [0.15, 0.2) is 23.9 Å². The summed E-state index contributed by atoms with van der Waals surface area (Å²) in [6.45, 7) is 2.73. The van der Waals surface area contributed by atoms with Crippen LogP contribution in [0.1, 0.15) is 43.4 Å². The highest BCUT2D eigenvalue weighted by Gasteiger charge is 2.16. The molecule has 1 aliphatic rings. The van der Waals surface area contributed by atoms with Crippen LogP contribution in [-0.4, -0.2) is 11.5 Å². The summed E-state index contributed by atoms with van der Waals surface area (Å²) in [4.78, 5) is 4.43. The Balaban J connectivity index is 2.13. The summed E-state index contributed by atoms with van der Waals surface area (Å²) < 4.78 is 0. The van der Waals surface area contributed by atoms with Gasteiger partial charge in [-0.15, -0.1) is 0 Å². The summed E-state index contributed by atoms with van der Waals surface area (Å²) in [6, 6.07) is 4.18. The average molecular weight is 230 g/mol. The van der Waals surface area contributed by atoms with Crippen molar-refractivity contribution < 1.29 is 0 Å². The van der Waals surface area contributed by atoms with Crippen molar-refractivity contribution in [2.75, 3.05) is 6.54 Å². The molecule has 92 valence electrons. The third-order valence-electron chi connectivity index (χ3n) is 3.63. The molecule has 2 N–H and O–H groups in total. The molecule has 0 aliphatic heterocycles. The fraction of sp³-hybridized carbons (Fsp3) is 0.533. The molecule has 17 heavy (non-hydrogen) atoms. The molecule has 0 unspecified atom stereocenters. The fourth-order valence-electron chi connectivity index (χ4n) is 2.57. The van der Waals surface area contributed by atoms with Crippen molar-refractivity contribution in [3.05, 3.63) is 35.2 Å². The molecule has 1 saturated carbocycles. The highest BCUT2D eigenvalue weighted by atomic mass is 14.7. The molecule has 1 aliphatic carbocycles. The Morgan fingerprint density at radius 1 is 1.35 bits per heavy atom. The first-order valence-corrected chi connectivity index (χ1v) is 6.63. The molecule has 0 atom stereocenters. The van der Waals surface area contributed by atoms with Crippen molar-refractivity contribution in [1.82, 2.24) is 4.98 Å². The van der Waals surface area contributed by atoms with E-state index >= 15 is 0 Å². The predicted molar refractivity (Wildman–Crippen MR) is 72.6 cm³/mol. The Hall–Kier alpha value is -1.15. The molecule has 2 heteroatoms. The smallest absolute Gasteiger partial charge is 0.0629 e. The lowest BCUT2D eigenvalue weighted by Gasteiger charge is -2.23. The van der Waals surface area contributed by atoms with Crippen molar-refractivity contribution in [1.29, 1.82) is 0 Å². The number of hydrogen-bond acceptors (Lipinski definition) is 2. The molecule has 0 radical (unpaired) electrons. The monoisotopic (exact) mass is 230 g/mol. The maximum absolute atomic E-state index is 5.89. The van der Waals surface area contributed by atoms with Crippen LogP contribution in [0.3, 0.4) is 0 Å². The van der Waals surface area contributed by atoms with Crippen molar-refractivity contribution in [2.45, 2.75) is 39.0 Å². The number of pyridine rings is 1. The zero-order valence-corrected chi connectivity index (χ0v) is 10.7. The minimum Gasteiger partial charge on any atom is -0.327 e. The van der Waals surface area contributed by atoms with Gasteiger partial charge in [-0.25, -0.2) is 0 Å². The van der Waals surface area contributed by atoms with Crippen molar-refractivity contribution >= 4 is 6.08 Å². The summed E-state index contributed by atoms with van der Waals surface area (Å²) in [5.74, 6) is 0.692. The number of nitrogens with zero attached hydrogens (tertiary/aromatic N) is 1. The number of rotatable bonds is 3. The molecule has 1 heterocycles. The van der Waals surface area contributed by atoms with Crippen molar-refractivity contribution in [3.8, 4) is 0 Å². The maximum Gasteiger partial charge on any atom is 0.0629 e. The fourth-order valence-corrected chi connectivity index (χ4v) is 2.57. The summed E-state index contributed by atoms with van der Waals surface area (Å²) >= 11 is 0. The second kappa shape index (κ2) is 5.97. The molecule has 2 nitrogen and oxygen atoms in total. The second-order valence-corrected chi connectivity index (χ2v) is 5.02. The minimum atomic E-state index is 0.667. The summed E-state index contributed by atoms with van der Waals surface area (Å²) in [5.41, 5.74) is 9.51. The number of hydrogen-bond donors (Lipinski definition) is 1. The van der Waals surface area contributed by atoms with E-state index in [2.05, 4.69) is 30.1 Å². The molecule has 1 fully saturated rings. The molecule has 0 spiro atoms. The first kappa shape index (κ1) is 12.3. The third kappa shape index (κ3) is 3.40. The first-order chi connectivity index (χ1) is 8.29. The highest BCUT2D eigenvalue weighted by Crippen LogP contribution is 2.30. The molecule has 1 aromatic heterocycles. The summed E-state index contributed by atoms with van der Waals surface area (Å²) in [6.07, 6.45) is 10.8. The number of aryl methyl sites for hydroxylation is 1. The van der Waals surface area contributed by atoms with Gasteiger partial charge in [0.05, 0.1) is 5.69 Å². The van der Waals surface area contributed by atoms with Crippen LogP contribution in [0, 0.1) is 12.8 Å². The normalized spacial score (nSPS) is 18.4. The Morgan fingerprint density at radius 3 is 2.71 bits per heavy atom. The van der Waals surface area contributed by atoms with Crippen LogP contribution in [-0.2, 0) is 0 Å². The lowest BCUT2D eigenvalue weighted by molar-refractivity contribution is 0.401. The molecule has 2 rings (SSSR count). The van der Waals surface area contributed by atoms with Gasteiger partial charge in [0.15, 0.2) is 0 Å². The molecule has 0 amide bonds. The van der Waals surface area contributed by atoms with Gasteiger partial charge in [0.25, 0.3) is 0 Å². The molecule has 0 bridgehead atoms. The Labute approximate surface area is 104 Å². The zero-order chi connectivity index (χ0) is 12.1. The standard InChI is InChI=1S/C15H22N2/c1-12-7-8-15(17-11-12)9-14(10-16)13-5-3-2-4-6-13/h7-9,11,13H,2-6,10,16H2,1H3/b14-9-. The van der Waals surface area contributed by atoms with Gasteiger partial charge in [-0.05, 0) is 43.4 Å². The van der Waals surface area contributed by atoms with Crippen LogP contribution in [0.2, 0.25) is 0 Å². The van der Waals surface area contributed by atoms with E-state index in [1.165, 1.54) is 43.2 Å². The van der Waals surface area contributed by atoms with E-state index in [9.17, 15) is 0 Å². The summed E-state index contributed by atoms with van der Waals surface area (Å²) in [7, 11) is 0. The SMILES string of the molecule is Cc1ccc(/C=C(/CN)C2CCCCC2)nc1. The van der Waals surface area contributed by atoms with Crippen molar-refractivity contribution in [3.63, 3.8) is 0 Å². The van der Waals surface area contributed by atoms with Crippen molar-refractivity contribution in [2.24, 2.45) is 11.7 Å². The average Bonchev–Trinajstić information content (AvgIpc) is 2.39. The summed E-state index contributed by atoms with van der Waals surface area (Å²) in [5, 5.41) is 0. The lowest BCUT2D eigenvalue weighted by Crippen LogP contribution is -2.16. The van der Waals surface area contributed by atoms with Crippen LogP contribution in [0.4, 0.5) is 0 Å². The largest absolute Gasteiger partial charge is 0.327 e. The van der Waals surface area contributed by atoms with Crippen LogP contribution in [0.5, 0.6) is 0 Å². The van der Waals surface area contributed by atoms with Gasteiger partial charge in [-0.3, -0.25) is 4.98 Å². The van der Waals surface area contributed by atoms with E-state index < -0.39 is 0 Å². The Bertz CT molecular complexity index is 372.